The maximum atomic E-state index is 11.9. The van der Waals surface area contributed by atoms with Crippen LogP contribution in [0.1, 0.15) is 36.5 Å². The van der Waals surface area contributed by atoms with E-state index in [1.807, 2.05) is 0 Å². The summed E-state index contributed by atoms with van der Waals surface area (Å²) in [5.41, 5.74) is 2.78. The van der Waals surface area contributed by atoms with Crippen LogP contribution in [-0.2, 0) is 4.74 Å². The number of hydrogen-bond donors (Lipinski definition) is 3. The van der Waals surface area contributed by atoms with E-state index in [0.29, 0.717) is 24.5 Å². The number of nitrogen functional groups attached to an aromatic ring is 1. The number of nitrogens with two attached hydrogens (primary N) is 1. The summed E-state index contributed by atoms with van der Waals surface area (Å²) in [4.78, 5) is 15.8. The molecule has 0 spiro atoms. The Bertz CT molecular complexity index is 429. The zero-order valence-electron chi connectivity index (χ0n) is 11.6. The van der Waals surface area contributed by atoms with Crippen LogP contribution in [0, 0.1) is 0 Å². The normalized spacial score (nSPS) is 10.3. The Hall–Kier alpha value is -1.37. The number of nitrogens with zero attached hydrogens (tertiary/aromatic N) is 1. The first-order valence-electron chi connectivity index (χ1n) is 6.67. The summed E-state index contributed by atoms with van der Waals surface area (Å²) in [5, 5.41) is 3.01. The number of carbonyl (C=O) groups is 1. The number of rotatable bonds is 9. The van der Waals surface area contributed by atoms with Crippen molar-refractivity contribution in [3.8, 4) is 0 Å². The zero-order valence-corrected chi connectivity index (χ0v) is 12.4. The molecule has 4 N–H and O–H groups in total. The summed E-state index contributed by atoms with van der Waals surface area (Å²) in [6.07, 6.45) is 2.96. The summed E-state index contributed by atoms with van der Waals surface area (Å²) in [7, 11) is 0. The number of hydrazine groups is 1. The lowest BCUT2D eigenvalue weighted by Crippen LogP contribution is -2.25. The smallest absolute Gasteiger partial charge is 0.251 e. The molecule has 0 unspecified atom stereocenters. The van der Waals surface area contributed by atoms with Crippen molar-refractivity contribution in [2.24, 2.45) is 5.84 Å². The average molecular weight is 301 g/mol. The Morgan fingerprint density at radius 2 is 2.15 bits per heavy atom. The number of anilines is 1. The molecule has 1 aromatic rings. The number of hydrogen-bond acceptors (Lipinski definition) is 5. The van der Waals surface area contributed by atoms with Crippen LogP contribution >= 0.6 is 11.6 Å². The first kappa shape index (κ1) is 16.7. The first-order valence-corrected chi connectivity index (χ1v) is 7.05. The highest BCUT2D eigenvalue weighted by Gasteiger charge is 2.08. The lowest BCUT2D eigenvalue weighted by atomic mass is 10.2. The van der Waals surface area contributed by atoms with E-state index >= 15 is 0 Å². The Morgan fingerprint density at radius 3 is 2.85 bits per heavy atom. The summed E-state index contributed by atoms with van der Waals surface area (Å²) in [6.45, 7) is 4.09. The van der Waals surface area contributed by atoms with Gasteiger partial charge in [0.1, 0.15) is 11.0 Å². The highest BCUT2D eigenvalue weighted by molar-refractivity contribution is 6.29. The monoisotopic (exact) mass is 300 g/mol. The fourth-order valence-electron chi connectivity index (χ4n) is 1.53. The van der Waals surface area contributed by atoms with Gasteiger partial charge in [-0.15, -0.1) is 0 Å². The molecule has 20 heavy (non-hydrogen) atoms. The largest absolute Gasteiger partial charge is 0.381 e. The van der Waals surface area contributed by atoms with Crippen LogP contribution in [0.25, 0.3) is 0 Å². The average Bonchev–Trinajstić information content (AvgIpc) is 2.45. The molecule has 0 bridgehead atoms. The molecule has 1 rings (SSSR count). The van der Waals surface area contributed by atoms with Crippen LogP contribution in [0.3, 0.4) is 0 Å². The van der Waals surface area contributed by atoms with Crippen molar-refractivity contribution in [1.29, 1.82) is 0 Å². The van der Waals surface area contributed by atoms with Crippen LogP contribution in [0.2, 0.25) is 5.15 Å². The van der Waals surface area contributed by atoms with E-state index in [1.165, 1.54) is 6.07 Å². The van der Waals surface area contributed by atoms with Gasteiger partial charge in [0.05, 0.1) is 0 Å². The van der Waals surface area contributed by atoms with E-state index in [-0.39, 0.29) is 11.1 Å². The van der Waals surface area contributed by atoms with Gasteiger partial charge in [-0.1, -0.05) is 24.9 Å². The minimum atomic E-state index is -0.209. The van der Waals surface area contributed by atoms with Crippen LogP contribution in [0.4, 0.5) is 5.82 Å². The number of ether oxygens (including phenoxy) is 1. The van der Waals surface area contributed by atoms with Crippen molar-refractivity contribution in [1.82, 2.24) is 10.3 Å². The van der Waals surface area contributed by atoms with Crippen LogP contribution < -0.4 is 16.6 Å². The van der Waals surface area contributed by atoms with Gasteiger partial charge in [-0.05, 0) is 25.0 Å². The van der Waals surface area contributed by atoms with Crippen molar-refractivity contribution >= 4 is 23.3 Å². The third kappa shape index (κ3) is 6.18. The second kappa shape index (κ2) is 9.52. The summed E-state index contributed by atoms with van der Waals surface area (Å²) in [5.74, 6) is 5.39. The molecule has 0 aromatic carbocycles. The maximum absolute atomic E-state index is 11.9. The Labute approximate surface area is 124 Å². The van der Waals surface area contributed by atoms with Gasteiger partial charge in [0.25, 0.3) is 5.91 Å². The van der Waals surface area contributed by atoms with Crippen molar-refractivity contribution < 1.29 is 9.53 Å². The second-order valence-corrected chi connectivity index (χ2v) is 4.67. The molecule has 0 radical (unpaired) electrons. The predicted octanol–water partition coefficient (Wildman–Crippen LogP) is 1.96. The molecule has 112 valence electrons. The van der Waals surface area contributed by atoms with Gasteiger partial charge in [-0.3, -0.25) is 4.79 Å². The summed E-state index contributed by atoms with van der Waals surface area (Å²) in [6, 6.07) is 3.04. The van der Waals surface area contributed by atoms with Gasteiger partial charge in [0.15, 0.2) is 0 Å². The first-order chi connectivity index (χ1) is 9.67. The van der Waals surface area contributed by atoms with Crippen molar-refractivity contribution in [2.45, 2.75) is 26.2 Å². The van der Waals surface area contributed by atoms with Crippen molar-refractivity contribution in [3.63, 3.8) is 0 Å². The molecule has 7 heteroatoms. The molecule has 1 aromatic heterocycles. The quantitative estimate of drug-likeness (QED) is 0.281. The molecule has 1 amide bonds. The van der Waals surface area contributed by atoms with Gasteiger partial charge in [-0.25, -0.2) is 10.8 Å². The SMILES string of the molecule is CCCCOCCCNC(=O)c1cc(Cl)nc(NN)c1. The molecule has 6 nitrogen and oxygen atoms in total. The number of halogens is 1. The lowest BCUT2D eigenvalue weighted by Gasteiger charge is -2.07. The number of unbranched alkanes of at least 4 members (excludes halogenated alkanes) is 1. The van der Waals surface area contributed by atoms with E-state index in [1.54, 1.807) is 6.07 Å². The number of amides is 1. The molecule has 0 saturated carbocycles. The van der Waals surface area contributed by atoms with E-state index in [2.05, 4.69) is 22.7 Å². The minimum Gasteiger partial charge on any atom is -0.381 e. The fourth-order valence-corrected chi connectivity index (χ4v) is 1.74. The number of carbonyl (C=O) groups excluding carboxylic acids is 1. The number of pyridine rings is 1. The predicted molar refractivity (Wildman–Crippen MR) is 79.7 cm³/mol. The maximum Gasteiger partial charge on any atom is 0.251 e. The highest BCUT2D eigenvalue weighted by atomic mass is 35.5. The minimum absolute atomic E-state index is 0.209. The van der Waals surface area contributed by atoms with Crippen molar-refractivity contribution in [3.05, 3.63) is 22.8 Å². The van der Waals surface area contributed by atoms with Crippen molar-refractivity contribution in [2.75, 3.05) is 25.2 Å². The molecule has 0 saturated heterocycles. The Kier molecular flexibility index (Phi) is 7.94. The molecule has 0 fully saturated rings. The Balaban J connectivity index is 2.30. The van der Waals surface area contributed by atoms with E-state index in [9.17, 15) is 4.79 Å². The Morgan fingerprint density at radius 1 is 1.40 bits per heavy atom. The van der Waals surface area contributed by atoms with Gasteiger partial charge in [0.2, 0.25) is 0 Å². The van der Waals surface area contributed by atoms with Gasteiger partial charge >= 0.3 is 0 Å². The topological polar surface area (TPSA) is 89.3 Å². The third-order valence-electron chi connectivity index (χ3n) is 2.60. The molecule has 1 heterocycles. The molecular weight excluding hydrogens is 280 g/mol. The van der Waals surface area contributed by atoms with E-state index in [4.69, 9.17) is 22.2 Å². The van der Waals surface area contributed by atoms with Crippen LogP contribution in [-0.4, -0.2) is 30.6 Å². The fraction of sp³-hybridized carbons (Fsp3) is 0.538. The zero-order chi connectivity index (χ0) is 14.8. The van der Waals surface area contributed by atoms with E-state index < -0.39 is 0 Å². The molecule has 0 aliphatic heterocycles. The van der Waals surface area contributed by atoms with Gasteiger partial charge in [-0.2, -0.15) is 0 Å². The standard InChI is InChI=1S/C13H21ClN4O2/c1-2-3-6-20-7-4-5-16-13(19)10-8-11(14)17-12(9-10)18-15/h8-9H,2-7,15H2,1H3,(H,16,19)(H,17,18). The summed E-state index contributed by atoms with van der Waals surface area (Å²) < 4.78 is 5.41. The lowest BCUT2D eigenvalue weighted by molar-refractivity contribution is 0.0940. The van der Waals surface area contributed by atoms with Crippen LogP contribution in [0.5, 0.6) is 0 Å². The molecule has 0 aliphatic carbocycles. The number of aromatic nitrogens is 1. The second-order valence-electron chi connectivity index (χ2n) is 4.28. The van der Waals surface area contributed by atoms with Gasteiger partial charge in [0, 0.05) is 25.3 Å². The molecular formula is C13H21ClN4O2. The van der Waals surface area contributed by atoms with Gasteiger partial charge < -0.3 is 15.5 Å². The summed E-state index contributed by atoms with van der Waals surface area (Å²) >= 11 is 5.80. The molecule has 0 aliphatic rings. The third-order valence-corrected chi connectivity index (χ3v) is 2.79. The van der Waals surface area contributed by atoms with E-state index in [0.717, 1.165) is 25.9 Å². The number of nitrogens with one attached hydrogen (secondary N) is 2. The molecule has 0 atom stereocenters. The van der Waals surface area contributed by atoms with Crippen LogP contribution in [0.15, 0.2) is 12.1 Å². The highest BCUT2D eigenvalue weighted by Crippen LogP contribution is 2.13.